The molecule has 84 heavy (non-hydrogen) atoms. The minimum atomic E-state index is -0.422. The van der Waals surface area contributed by atoms with Crippen LogP contribution in [0, 0.1) is 0 Å². The summed E-state index contributed by atoms with van der Waals surface area (Å²) in [6.45, 7) is 21.3. The lowest BCUT2D eigenvalue weighted by Gasteiger charge is -2.31. The van der Waals surface area contributed by atoms with Crippen LogP contribution in [0.4, 0.5) is 22.7 Å². The minimum absolute atomic E-state index is 0.0281. The second-order valence-electron chi connectivity index (χ2n) is 26.4. The molecule has 0 amide bonds. The molecule has 1 spiro atoms. The van der Waals surface area contributed by atoms with Crippen LogP contribution in [-0.2, 0) is 21.7 Å². The van der Waals surface area contributed by atoms with Crippen LogP contribution in [0.25, 0.3) is 72.1 Å². The topological polar surface area (TPSA) is 33.5 Å². The largest absolute Gasteiger partial charge is 0.457 e. The smallest absolute Gasteiger partial charge is 0.137 e. The molecule has 15 rings (SSSR count). The van der Waals surface area contributed by atoms with Crippen molar-refractivity contribution < 1.29 is 4.74 Å². The third kappa shape index (κ3) is 7.99. The second kappa shape index (κ2) is 18.8. The van der Waals surface area contributed by atoms with Gasteiger partial charge in [-0.1, -0.05) is 220 Å². The Morgan fingerprint density at radius 1 is 0.381 bits per heavy atom. The van der Waals surface area contributed by atoms with E-state index in [1.54, 1.807) is 0 Å². The lowest BCUT2D eigenvalue weighted by Crippen LogP contribution is -2.25. The second-order valence-corrected chi connectivity index (χ2v) is 26.4. The summed E-state index contributed by atoms with van der Waals surface area (Å²) < 4.78 is 9.22. The molecule has 0 saturated heterocycles. The van der Waals surface area contributed by atoms with E-state index in [0.717, 1.165) is 50.8 Å². The number of aromatic nitrogens is 2. The Labute approximate surface area is 494 Å². The van der Waals surface area contributed by atoms with Gasteiger partial charge in [-0.15, -0.1) is 0 Å². The quantitative estimate of drug-likeness (QED) is 0.159. The molecule has 3 aliphatic rings. The van der Waals surface area contributed by atoms with E-state index in [9.17, 15) is 0 Å². The fourth-order valence-electron chi connectivity index (χ4n) is 14.0. The molecule has 1 aliphatic heterocycles. The van der Waals surface area contributed by atoms with E-state index in [2.05, 4.69) is 307 Å². The number of nitrogens with zero attached hydrogens (tertiary/aromatic N) is 4. The Balaban J connectivity index is 0.868. The average Bonchev–Trinajstić information content (AvgIpc) is 1.86. The summed E-state index contributed by atoms with van der Waals surface area (Å²) in [5.41, 5.74) is 25.3. The number of benzene rings is 10. The van der Waals surface area contributed by atoms with Gasteiger partial charge in [0, 0.05) is 45.9 Å². The van der Waals surface area contributed by atoms with E-state index in [4.69, 9.17) is 9.72 Å². The Morgan fingerprint density at radius 3 is 1.58 bits per heavy atom. The van der Waals surface area contributed by atoms with Gasteiger partial charge in [0.15, 0.2) is 0 Å². The summed E-state index contributed by atoms with van der Waals surface area (Å²) in [7, 11) is 0. The lowest BCUT2D eigenvalue weighted by atomic mass is 9.70. The van der Waals surface area contributed by atoms with Gasteiger partial charge in [-0.05, 0) is 149 Å². The van der Waals surface area contributed by atoms with Crippen LogP contribution < -0.4 is 14.5 Å². The summed E-state index contributed by atoms with van der Waals surface area (Å²) >= 11 is 0. The third-order valence-corrected chi connectivity index (χ3v) is 18.2. The van der Waals surface area contributed by atoms with Crippen LogP contribution in [0.2, 0.25) is 0 Å². The highest BCUT2D eigenvalue weighted by Gasteiger charge is 2.51. The first kappa shape index (κ1) is 51.4. The number of hydrogen-bond acceptors (Lipinski definition) is 4. The number of pyridine rings is 1. The number of anilines is 4. The first-order chi connectivity index (χ1) is 40.5. The van der Waals surface area contributed by atoms with Crippen LogP contribution >= 0.6 is 0 Å². The maximum absolute atomic E-state index is 6.94. The fourth-order valence-corrected chi connectivity index (χ4v) is 14.0. The highest BCUT2D eigenvalue weighted by atomic mass is 16.5. The molecule has 2 aliphatic carbocycles. The van der Waals surface area contributed by atoms with Crippen molar-refractivity contribution in [3.8, 4) is 61.8 Å². The first-order valence-corrected chi connectivity index (χ1v) is 29.7. The number of fused-ring (bicyclic) bond motifs is 14. The van der Waals surface area contributed by atoms with Gasteiger partial charge in [-0.3, -0.25) is 4.57 Å². The SMILES string of the molecule is CC(C)(C)c1cc(-c2cccc(-c3ccc4c(c3)-c3ccccc3C43c4ccccc4-c4ccccc43)c2N2CN(c3cccc(Oc4ccc5c6ccccc6n(-c6cc(C(C)(C)C)ccn6)c5c4)c3)c3ccccc32)cc(C(C)(C)C)c1. The Hall–Kier alpha value is -9.45. The van der Waals surface area contributed by atoms with Gasteiger partial charge in [-0.2, -0.15) is 0 Å². The van der Waals surface area contributed by atoms with Gasteiger partial charge in [-0.25, -0.2) is 4.98 Å². The van der Waals surface area contributed by atoms with Gasteiger partial charge in [0.1, 0.15) is 24.0 Å². The maximum atomic E-state index is 6.94. The zero-order valence-electron chi connectivity index (χ0n) is 49.4. The molecular weight excluding hydrogens is 1020 g/mol. The van der Waals surface area contributed by atoms with Crippen LogP contribution in [0.3, 0.4) is 0 Å². The Morgan fingerprint density at radius 2 is 0.917 bits per heavy atom. The monoisotopic (exact) mass is 1090 g/mol. The summed E-state index contributed by atoms with van der Waals surface area (Å²) in [5.74, 6) is 2.41. The molecule has 0 saturated carbocycles. The van der Waals surface area contributed by atoms with Crippen LogP contribution in [0.1, 0.15) is 101 Å². The number of hydrogen-bond donors (Lipinski definition) is 0. The molecule has 12 aromatic rings. The van der Waals surface area contributed by atoms with E-state index in [-0.39, 0.29) is 16.2 Å². The molecule has 2 aromatic heterocycles. The molecule has 0 bridgehead atoms. The summed E-state index contributed by atoms with van der Waals surface area (Å²) in [6, 6.07) is 85.8. The van der Waals surface area contributed by atoms with Crippen molar-refractivity contribution >= 4 is 44.6 Å². The number of para-hydroxylation sites is 4. The zero-order valence-corrected chi connectivity index (χ0v) is 49.4. The van der Waals surface area contributed by atoms with Gasteiger partial charge in [0.25, 0.3) is 0 Å². The van der Waals surface area contributed by atoms with Crippen molar-refractivity contribution in [2.45, 2.75) is 84.0 Å². The number of ether oxygens (including phenoxy) is 1. The molecule has 0 unspecified atom stereocenters. The van der Waals surface area contributed by atoms with E-state index < -0.39 is 5.41 Å². The van der Waals surface area contributed by atoms with E-state index in [0.29, 0.717) is 6.67 Å². The average molecular weight is 1090 g/mol. The highest BCUT2D eigenvalue weighted by molar-refractivity contribution is 6.09. The standard InChI is InChI=1S/C79H68N4O/c1-76(2,3)52-40-41-80-74(46-52)83-70-33-17-13-27-63(70)64-38-37-57(48-73(64)83)84-56-23-20-22-55(47-56)81-49-82(72-35-19-18-34-71(72)81)75-58(28-21-29-59(75)51-42-53(77(4,5)6)45-54(43-51)78(7,8)9)50-36-39-69-65(44-50)62-26-12-16-32-68(62)79(69)66-30-14-10-24-60(66)61-25-11-15-31-67(61)79/h10-48H,49H2,1-9H3. The predicted molar refractivity (Wildman–Crippen MR) is 350 cm³/mol. The predicted octanol–water partition coefficient (Wildman–Crippen LogP) is 20.8. The summed E-state index contributed by atoms with van der Waals surface area (Å²) in [6.07, 6.45) is 1.93. The van der Waals surface area contributed by atoms with Crippen molar-refractivity contribution in [1.29, 1.82) is 0 Å². The van der Waals surface area contributed by atoms with Crippen molar-refractivity contribution in [1.82, 2.24) is 9.55 Å². The van der Waals surface area contributed by atoms with Crippen LogP contribution in [0.15, 0.2) is 237 Å². The molecule has 410 valence electrons. The maximum Gasteiger partial charge on any atom is 0.137 e. The fraction of sp³-hybridized carbons (Fsp3) is 0.177. The van der Waals surface area contributed by atoms with Crippen molar-refractivity contribution in [3.05, 3.63) is 276 Å². The zero-order chi connectivity index (χ0) is 57.4. The third-order valence-electron chi connectivity index (χ3n) is 18.2. The van der Waals surface area contributed by atoms with Gasteiger partial charge < -0.3 is 14.5 Å². The molecule has 0 radical (unpaired) electrons. The molecular formula is C79H68N4O. The van der Waals surface area contributed by atoms with Crippen LogP contribution in [-0.4, -0.2) is 16.2 Å². The Kier molecular flexibility index (Phi) is 11.5. The first-order valence-electron chi connectivity index (χ1n) is 29.7. The van der Waals surface area contributed by atoms with Crippen molar-refractivity contribution in [3.63, 3.8) is 0 Å². The van der Waals surface area contributed by atoms with Gasteiger partial charge in [0.05, 0.1) is 33.5 Å². The molecule has 10 aromatic carbocycles. The molecule has 0 fully saturated rings. The molecule has 0 atom stereocenters. The molecule has 3 heterocycles. The molecule has 0 N–H and O–H groups in total. The number of rotatable bonds is 7. The van der Waals surface area contributed by atoms with Crippen molar-refractivity contribution in [2.75, 3.05) is 16.5 Å². The summed E-state index contributed by atoms with van der Waals surface area (Å²) in [4.78, 5) is 9.96. The minimum Gasteiger partial charge on any atom is -0.457 e. The van der Waals surface area contributed by atoms with Crippen molar-refractivity contribution in [2.24, 2.45) is 0 Å². The van der Waals surface area contributed by atoms with E-state index >= 15 is 0 Å². The lowest BCUT2D eigenvalue weighted by molar-refractivity contribution is 0.483. The van der Waals surface area contributed by atoms with Gasteiger partial charge in [0.2, 0.25) is 0 Å². The Bertz CT molecular complexity index is 4570. The van der Waals surface area contributed by atoms with Crippen LogP contribution in [0.5, 0.6) is 11.5 Å². The highest BCUT2D eigenvalue weighted by Crippen LogP contribution is 2.63. The normalized spacial score (nSPS) is 14.0. The van der Waals surface area contributed by atoms with E-state index in [1.165, 1.54) is 94.5 Å². The molecule has 5 nitrogen and oxygen atoms in total. The summed E-state index contributed by atoms with van der Waals surface area (Å²) in [5, 5.41) is 2.33. The van der Waals surface area contributed by atoms with Gasteiger partial charge >= 0.3 is 0 Å². The van der Waals surface area contributed by atoms with E-state index in [1.807, 2.05) is 6.20 Å². The molecule has 5 heteroatoms.